The fraction of sp³-hybridized carbons (Fsp3) is 0.429. The average Bonchev–Trinajstić information content (AvgIpc) is 2.78. The molecule has 0 bridgehead atoms. The van der Waals surface area contributed by atoms with Crippen molar-refractivity contribution in [2.24, 2.45) is 0 Å². The molecule has 0 unspecified atom stereocenters. The van der Waals surface area contributed by atoms with Gasteiger partial charge < -0.3 is 9.47 Å². The maximum absolute atomic E-state index is 6.39. The van der Waals surface area contributed by atoms with E-state index in [1.54, 1.807) is 0 Å². The highest BCUT2D eigenvalue weighted by Crippen LogP contribution is 2.44. The molecule has 0 radical (unpaired) electrons. The molecule has 0 amide bonds. The van der Waals surface area contributed by atoms with Crippen molar-refractivity contribution in [2.45, 2.75) is 65.2 Å². The van der Waals surface area contributed by atoms with Crippen LogP contribution in [0.1, 0.15) is 65.2 Å². The summed E-state index contributed by atoms with van der Waals surface area (Å²) in [5, 5.41) is 7.61. The van der Waals surface area contributed by atoms with Crippen LogP contribution in [0.5, 0.6) is 11.5 Å². The summed E-state index contributed by atoms with van der Waals surface area (Å²) < 4.78 is 12.7. The van der Waals surface area contributed by atoms with Gasteiger partial charge in [0.25, 0.3) is 0 Å². The third-order valence-corrected chi connectivity index (χ3v) is 6.06. The summed E-state index contributed by atoms with van der Waals surface area (Å²) >= 11 is 0. The molecular weight excluding hydrogens is 368 g/mol. The van der Waals surface area contributed by atoms with Crippen molar-refractivity contribution in [1.82, 2.24) is 0 Å². The summed E-state index contributed by atoms with van der Waals surface area (Å²) in [5.41, 5.74) is 0. The van der Waals surface area contributed by atoms with E-state index in [0.717, 1.165) is 37.6 Å². The Morgan fingerprint density at radius 1 is 0.600 bits per heavy atom. The minimum atomic E-state index is 0.746. The number of benzene rings is 4. The maximum atomic E-state index is 6.39. The molecule has 4 aromatic carbocycles. The molecule has 30 heavy (non-hydrogen) atoms. The first-order valence-corrected chi connectivity index (χ1v) is 11.8. The Bertz CT molecular complexity index is 1070. The van der Waals surface area contributed by atoms with E-state index in [4.69, 9.17) is 9.47 Å². The van der Waals surface area contributed by atoms with Crippen molar-refractivity contribution in [1.29, 1.82) is 0 Å². The minimum Gasteiger partial charge on any atom is -0.490 e. The third-order valence-electron chi connectivity index (χ3n) is 6.06. The molecule has 2 heteroatoms. The summed E-state index contributed by atoms with van der Waals surface area (Å²) in [7, 11) is 0. The van der Waals surface area contributed by atoms with Crippen molar-refractivity contribution >= 4 is 32.3 Å². The van der Waals surface area contributed by atoms with Gasteiger partial charge in [-0.3, -0.25) is 0 Å². The summed E-state index contributed by atoms with van der Waals surface area (Å²) in [4.78, 5) is 0. The van der Waals surface area contributed by atoms with Crippen molar-refractivity contribution in [2.75, 3.05) is 13.2 Å². The molecule has 0 N–H and O–H groups in total. The maximum Gasteiger partial charge on any atom is 0.169 e. The highest BCUT2D eigenvalue weighted by Gasteiger charge is 2.17. The first-order valence-electron chi connectivity index (χ1n) is 11.8. The fourth-order valence-electron chi connectivity index (χ4n) is 4.43. The van der Waals surface area contributed by atoms with Crippen LogP contribution in [0.3, 0.4) is 0 Å². The molecule has 0 saturated heterocycles. The zero-order valence-corrected chi connectivity index (χ0v) is 18.5. The second-order valence-corrected chi connectivity index (χ2v) is 8.38. The summed E-state index contributed by atoms with van der Waals surface area (Å²) in [6.07, 6.45) is 9.64. The lowest BCUT2D eigenvalue weighted by molar-refractivity contribution is 0.261. The Kier molecular flexibility index (Phi) is 6.94. The normalized spacial score (nSPS) is 11.7. The van der Waals surface area contributed by atoms with Crippen LogP contribution in [0, 0.1) is 0 Å². The van der Waals surface area contributed by atoms with Gasteiger partial charge in [-0.1, -0.05) is 88.8 Å². The molecule has 2 nitrogen and oxygen atoms in total. The van der Waals surface area contributed by atoms with Gasteiger partial charge in [-0.05, 0) is 46.5 Å². The lowest BCUT2D eigenvalue weighted by atomic mass is 9.93. The predicted molar refractivity (Wildman–Crippen MR) is 129 cm³/mol. The molecular formula is C28H34O2. The molecule has 0 aliphatic rings. The van der Waals surface area contributed by atoms with Gasteiger partial charge in [0.1, 0.15) is 0 Å². The average molecular weight is 403 g/mol. The Morgan fingerprint density at radius 2 is 1.23 bits per heavy atom. The van der Waals surface area contributed by atoms with Crippen LogP contribution in [0.4, 0.5) is 0 Å². The Hall–Kier alpha value is -2.48. The Balaban J connectivity index is 1.70. The lowest BCUT2D eigenvalue weighted by Crippen LogP contribution is -2.04. The van der Waals surface area contributed by atoms with Gasteiger partial charge in [0.15, 0.2) is 11.5 Å². The molecule has 4 aromatic rings. The smallest absolute Gasteiger partial charge is 0.169 e. The van der Waals surface area contributed by atoms with Crippen LogP contribution in [0.2, 0.25) is 0 Å². The van der Waals surface area contributed by atoms with Gasteiger partial charge in [-0.2, -0.15) is 0 Å². The Labute approximate surface area is 180 Å². The van der Waals surface area contributed by atoms with Crippen molar-refractivity contribution in [3.05, 3.63) is 48.5 Å². The fourth-order valence-corrected chi connectivity index (χ4v) is 4.43. The molecule has 0 saturated carbocycles. The minimum absolute atomic E-state index is 0.746. The van der Waals surface area contributed by atoms with Crippen LogP contribution < -0.4 is 9.47 Å². The monoisotopic (exact) mass is 402 g/mol. The summed E-state index contributed by atoms with van der Waals surface area (Å²) in [6.45, 7) is 5.98. The van der Waals surface area contributed by atoms with Crippen molar-refractivity contribution in [3.63, 3.8) is 0 Å². The standard InChI is InChI=1S/C28H34O2/c1-3-5-7-9-18-29-25-20-23-15-14-21-12-11-13-22-16-17-24(27(23)26(21)22)28(25)30-19-10-8-6-4-2/h11-17,20H,3-10,18-19H2,1-2H3. The van der Waals surface area contributed by atoms with E-state index in [1.165, 1.54) is 70.8 Å². The van der Waals surface area contributed by atoms with Gasteiger partial charge in [0.2, 0.25) is 0 Å². The number of ether oxygens (including phenoxy) is 2. The van der Waals surface area contributed by atoms with Crippen LogP contribution >= 0.6 is 0 Å². The SMILES string of the molecule is CCCCCCOc1cc2ccc3cccc4ccc(c1OCCCCCC)c2c34. The largest absolute Gasteiger partial charge is 0.490 e. The number of rotatable bonds is 12. The van der Waals surface area contributed by atoms with Crippen LogP contribution in [-0.4, -0.2) is 13.2 Å². The van der Waals surface area contributed by atoms with E-state index >= 15 is 0 Å². The molecule has 0 atom stereocenters. The molecule has 0 fully saturated rings. The molecule has 158 valence electrons. The highest BCUT2D eigenvalue weighted by molar-refractivity contribution is 6.24. The molecule has 4 rings (SSSR count). The van der Waals surface area contributed by atoms with E-state index in [9.17, 15) is 0 Å². The van der Waals surface area contributed by atoms with Crippen LogP contribution in [0.25, 0.3) is 32.3 Å². The zero-order valence-electron chi connectivity index (χ0n) is 18.5. The van der Waals surface area contributed by atoms with Gasteiger partial charge in [-0.15, -0.1) is 0 Å². The van der Waals surface area contributed by atoms with Gasteiger partial charge >= 0.3 is 0 Å². The highest BCUT2D eigenvalue weighted by atomic mass is 16.5. The predicted octanol–water partition coefficient (Wildman–Crippen LogP) is 8.50. The van der Waals surface area contributed by atoms with Crippen LogP contribution in [-0.2, 0) is 0 Å². The van der Waals surface area contributed by atoms with E-state index in [1.807, 2.05) is 0 Å². The number of unbranched alkanes of at least 4 members (excludes halogenated alkanes) is 6. The van der Waals surface area contributed by atoms with Gasteiger partial charge in [0.05, 0.1) is 13.2 Å². The zero-order chi connectivity index (χ0) is 20.8. The second kappa shape index (κ2) is 10.0. The van der Waals surface area contributed by atoms with E-state index in [2.05, 4.69) is 62.4 Å². The van der Waals surface area contributed by atoms with Gasteiger partial charge in [-0.25, -0.2) is 0 Å². The molecule has 0 aliphatic carbocycles. The van der Waals surface area contributed by atoms with Crippen LogP contribution in [0.15, 0.2) is 48.5 Å². The summed E-state index contributed by atoms with van der Waals surface area (Å²) in [5.74, 6) is 1.82. The number of hydrogen-bond acceptors (Lipinski definition) is 2. The molecule has 0 spiro atoms. The quantitative estimate of drug-likeness (QED) is 0.175. The van der Waals surface area contributed by atoms with Gasteiger partial charge in [0, 0.05) is 10.8 Å². The first kappa shape index (κ1) is 20.8. The van der Waals surface area contributed by atoms with Crippen molar-refractivity contribution < 1.29 is 9.47 Å². The van der Waals surface area contributed by atoms with E-state index < -0.39 is 0 Å². The second-order valence-electron chi connectivity index (χ2n) is 8.38. The Morgan fingerprint density at radius 3 is 1.93 bits per heavy atom. The van der Waals surface area contributed by atoms with E-state index in [-0.39, 0.29) is 0 Å². The van der Waals surface area contributed by atoms with E-state index in [0.29, 0.717) is 0 Å². The molecule has 0 heterocycles. The number of hydrogen-bond donors (Lipinski definition) is 0. The third kappa shape index (κ3) is 4.33. The van der Waals surface area contributed by atoms with Crippen molar-refractivity contribution in [3.8, 4) is 11.5 Å². The summed E-state index contributed by atoms with van der Waals surface area (Å²) in [6, 6.07) is 17.6. The lowest BCUT2D eigenvalue weighted by Gasteiger charge is -2.19. The first-order chi connectivity index (χ1) is 14.8. The molecule has 0 aliphatic heterocycles. The topological polar surface area (TPSA) is 18.5 Å². The molecule has 0 aromatic heterocycles.